The topological polar surface area (TPSA) is 76.7 Å². The van der Waals surface area contributed by atoms with Crippen molar-refractivity contribution in [1.82, 2.24) is 10.6 Å². The van der Waals surface area contributed by atoms with Crippen LogP contribution >= 0.6 is 0 Å². The Kier molecular flexibility index (Phi) is 5.35. The highest BCUT2D eigenvalue weighted by molar-refractivity contribution is 5.95. The van der Waals surface area contributed by atoms with Crippen molar-refractivity contribution < 1.29 is 19.1 Å². The first-order chi connectivity index (χ1) is 11.7. The van der Waals surface area contributed by atoms with Gasteiger partial charge in [0, 0.05) is 19.1 Å². The Morgan fingerprint density at radius 2 is 2.12 bits per heavy atom. The number of amides is 2. The average molecular weight is 332 g/mol. The first-order valence-electron chi connectivity index (χ1n) is 8.49. The molecule has 1 saturated carbocycles. The van der Waals surface area contributed by atoms with Gasteiger partial charge in [-0.2, -0.15) is 0 Å². The summed E-state index contributed by atoms with van der Waals surface area (Å²) in [5.41, 5.74) is 0.566. The maximum absolute atomic E-state index is 12.6. The minimum Gasteiger partial charge on any atom is -0.491 e. The third-order valence-corrected chi connectivity index (χ3v) is 4.54. The van der Waals surface area contributed by atoms with Crippen LogP contribution < -0.4 is 15.4 Å². The van der Waals surface area contributed by atoms with Gasteiger partial charge in [0.15, 0.2) is 0 Å². The lowest BCUT2D eigenvalue weighted by molar-refractivity contribution is -0.124. The Morgan fingerprint density at radius 1 is 1.29 bits per heavy atom. The summed E-state index contributed by atoms with van der Waals surface area (Å²) in [5.74, 6) is 1.11. The monoisotopic (exact) mass is 332 g/mol. The van der Waals surface area contributed by atoms with E-state index in [0.717, 1.165) is 12.8 Å². The summed E-state index contributed by atoms with van der Waals surface area (Å²) in [6.07, 6.45) is 3.41. The van der Waals surface area contributed by atoms with Gasteiger partial charge in [-0.15, -0.1) is 0 Å². The Morgan fingerprint density at radius 3 is 2.88 bits per heavy atom. The van der Waals surface area contributed by atoms with E-state index in [4.69, 9.17) is 9.47 Å². The molecule has 2 aliphatic rings. The number of methoxy groups -OCH3 is 1. The molecule has 0 unspecified atom stereocenters. The Balaban J connectivity index is 1.61. The molecule has 1 saturated heterocycles. The third kappa shape index (κ3) is 4.26. The van der Waals surface area contributed by atoms with Gasteiger partial charge in [0.25, 0.3) is 5.91 Å². The predicted molar refractivity (Wildman–Crippen MR) is 89.0 cm³/mol. The number of piperidine rings is 1. The lowest BCUT2D eigenvalue weighted by atomic mass is 9.94. The molecule has 0 aromatic heterocycles. The third-order valence-electron chi connectivity index (χ3n) is 4.54. The molecule has 1 aliphatic heterocycles. The quantitative estimate of drug-likeness (QED) is 0.742. The zero-order chi connectivity index (χ0) is 16.9. The van der Waals surface area contributed by atoms with Crippen molar-refractivity contribution in [3.8, 4) is 5.75 Å². The van der Waals surface area contributed by atoms with Crippen LogP contribution in [-0.2, 0) is 9.53 Å². The summed E-state index contributed by atoms with van der Waals surface area (Å²) in [4.78, 5) is 24.2. The van der Waals surface area contributed by atoms with Gasteiger partial charge in [-0.1, -0.05) is 6.07 Å². The minimum atomic E-state index is -0.126. The highest BCUT2D eigenvalue weighted by atomic mass is 16.5. The molecule has 2 fully saturated rings. The molecule has 1 heterocycles. The molecule has 2 atom stereocenters. The number of hydrogen-bond acceptors (Lipinski definition) is 4. The Labute approximate surface area is 141 Å². The summed E-state index contributed by atoms with van der Waals surface area (Å²) >= 11 is 0. The molecule has 1 aromatic carbocycles. The normalized spacial score (nSPS) is 23.5. The van der Waals surface area contributed by atoms with Crippen molar-refractivity contribution >= 4 is 11.8 Å². The van der Waals surface area contributed by atoms with Crippen LogP contribution in [0.3, 0.4) is 0 Å². The Bertz CT molecular complexity index is 600. The smallest absolute Gasteiger partial charge is 0.251 e. The SMILES string of the molecule is COCCOc1cccc(C(=O)N[C@@H]2CCC(=O)N[C@H]2C2CC2)c1. The second kappa shape index (κ2) is 7.66. The van der Waals surface area contributed by atoms with Gasteiger partial charge >= 0.3 is 0 Å². The van der Waals surface area contributed by atoms with Crippen LogP contribution in [0.25, 0.3) is 0 Å². The molecule has 1 aromatic rings. The minimum absolute atomic E-state index is 0.000709. The van der Waals surface area contributed by atoms with Crippen LogP contribution in [-0.4, -0.2) is 44.2 Å². The van der Waals surface area contributed by atoms with E-state index >= 15 is 0 Å². The van der Waals surface area contributed by atoms with E-state index in [0.29, 0.717) is 43.3 Å². The van der Waals surface area contributed by atoms with Crippen molar-refractivity contribution in [1.29, 1.82) is 0 Å². The van der Waals surface area contributed by atoms with Crippen molar-refractivity contribution in [3.63, 3.8) is 0 Å². The fourth-order valence-electron chi connectivity index (χ4n) is 3.11. The first-order valence-corrected chi connectivity index (χ1v) is 8.49. The molecular weight excluding hydrogens is 308 g/mol. The van der Waals surface area contributed by atoms with Crippen molar-refractivity contribution in [2.24, 2.45) is 5.92 Å². The van der Waals surface area contributed by atoms with Crippen molar-refractivity contribution in [2.75, 3.05) is 20.3 Å². The van der Waals surface area contributed by atoms with Crippen LogP contribution in [0.1, 0.15) is 36.0 Å². The molecule has 0 bridgehead atoms. The van der Waals surface area contributed by atoms with E-state index in [1.54, 1.807) is 25.3 Å². The molecule has 3 rings (SSSR count). The van der Waals surface area contributed by atoms with Crippen LogP contribution in [0, 0.1) is 5.92 Å². The fourth-order valence-corrected chi connectivity index (χ4v) is 3.11. The highest BCUT2D eigenvalue weighted by Crippen LogP contribution is 2.36. The van der Waals surface area contributed by atoms with E-state index in [1.165, 1.54) is 0 Å². The molecule has 130 valence electrons. The summed E-state index contributed by atoms with van der Waals surface area (Å²) in [5, 5.41) is 6.13. The maximum Gasteiger partial charge on any atom is 0.251 e. The summed E-state index contributed by atoms with van der Waals surface area (Å²) in [7, 11) is 1.62. The van der Waals surface area contributed by atoms with Gasteiger partial charge in [-0.25, -0.2) is 0 Å². The number of carbonyl (C=O) groups is 2. The lowest BCUT2D eigenvalue weighted by Gasteiger charge is -2.33. The van der Waals surface area contributed by atoms with E-state index in [2.05, 4.69) is 10.6 Å². The zero-order valence-electron chi connectivity index (χ0n) is 13.9. The Hall–Kier alpha value is -2.08. The maximum atomic E-state index is 12.6. The van der Waals surface area contributed by atoms with Crippen LogP contribution in [0.2, 0.25) is 0 Å². The molecule has 6 heteroatoms. The van der Waals surface area contributed by atoms with Gasteiger partial charge in [-0.05, 0) is 43.4 Å². The molecule has 0 radical (unpaired) electrons. The standard InChI is InChI=1S/C18H24N2O4/c1-23-9-10-24-14-4-2-3-13(11-14)18(22)19-15-7-8-16(21)20-17(15)12-5-6-12/h2-4,11-12,15,17H,5-10H2,1H3,(H,19,22)(H,20,21)/t15-,17+/m1/s1. The number of benzene rings is 1. The molecular formula is C18H24N2O4. The summed E-state index contributed by atoms with van der Waals surface area (Å²) in [6, 6.07) is 7.19. The fraction of sp³-hybridized carbons (Fsp3) is 0.556. The van der Waals surface area contributed by atoms with Crippen molar-refractivity contribution in [3.05, 3.63) is 29.8 Å². The summed E-state index contributed by atoms with van der Waals surface area (Å²) < 4.78 is 10.5. The predicted octanol–water partition coefficient (Wildman–Crippen LogP) is 1.50. The van der Waals surface area contributed by atoms with Gasteiger partial charge in [0.05, 0.1) is 18.7 Å². The molecule has 24 heavy (non-hydrogen) atoms. The van der Waals surface area contributed by atoms with Gasteiger partial charge in [0.1, 0.15) is 12.4 Å². The number of carbonyl (C=O) groups excluding carboxylic acids is 2. The van der Waals surface area contributed by atoms with Crippen LogP contribution in [0.15, 0.2) is 24.3 Å². The van der Waals surface area contributed by atoms with Gasteiger partial charge in [0.2, 0.25) is 5.91 Å². The zero-order valence-corrected chi connectivity index (χ0v) is 13.9. The number of nitrogens with one attached hydrogen (secondary N) is 2. The second-order valence-electron chi connectivity index (χ2n) is 6.42. The largest absolute Gasteiger partial charge is 0.491 e. The first kappa shape index (κ1) is 16.8. The number of hydrogen-bond donors (Lipinski definition) is 2. The molecule has 2 N–H and O–H groups in total. The van der Waals surface area contributed by atoms with E-state index in [9.17, 15) is 9.59 Å². The highest BCUT2D eigenvalue weighted by Gasteiger charge is 2.40. The summed E-state index contributed by atoms with van der Waals surface area (Å²) in [6.45, 7) is 0.946. The number of ether oxygens (including phenoxy) is 2. The van der Waals surface area contributed by atoms with Crippen molar-refractivity contribution in [2.45, 2.75) is 37.8 Å². The van der Waals surface area contributed by atoms with E-state index in [1.807, 2.05) is 6.07 Å². The number of rotatable bonds is 7. The lowest BCUT2D eigenvalue weighted by Crippen LogP contribution is -2.56. The average Bonchev–Trinajstić information content (AvgIpc) is 3.42. The molecule has 0 spiro atoms. The van der Waals surface area contributed by atoms with E-state index in [-0.39, 0.29) is 23.9 Å². The van der Waals surface area contributed by atoms with E-state index < -0.39 is 0 Å². The second-order valence-corrected chi connectivity index (χ2v) is 6.42. The molecule has 6 nitrogen and oxygen atoms in total. The van der Waals surface area contributed by atoms with Crippen LogP contribution in [0.5, 0.6) is 5.75 Å². The van der Waals surface area contributed by atoms with Crippen LogP contribution in [0.4, 0.5) is 0 Å². The van der Waals surface area contributed by atoms with Gasteiger partial charge in [-0.3, -0.25) is 9.59 Å². The molecule has 1 aliphatic carbocycles. The van der Waals surface area contributed by atoms with Gasteiger partial charge < -0.3 is 20.1 Å². The molecule has 2 amide bonds.